The van der Waals surface area contributed by atoms with Gasteiger partial charge in [0.15, 0.2) is 0 Å². The second-order valence-electron chi connectivity index (χ2n) is 9.08. The van der Waals surface area contributed by atoms with Crippen molar-refractivity contribution in [2.45, 2.75) is 37.3 Å². The molecule has 3 aromatic rings. The van der Waals surface area contributed by atoms with Crippen LogP contribution in [-0.2, 0) is 5.60 Å². The zero-order valence-corrected chi connectivity index (χ0v) is 20.0. The van der Waals surface area contributed by atoms with Gasteiger partial charge >= 0.3 is 12.7 Å². The van der Waals surface area contributed by atoms with E-state index >= 15 is 0 Å². The van der Waals surface area contributed by atoms with Crippen LogP contribution in [0.3, 0.4) is 0 Å². The number of benzene rings is 3. The second kappa shape index (κ2) is 10.8. The predicted octanol–water partition coefficient (Wildman–Crippen LogP) is 6.09. The molecule has 0 aliphatic carbocycles. The summed E-state index contributed by atoms with van der Waals surface area (Å²) in [5, 5.41) is 12.1. The lowest BCUT2D eigenvalue weighted by Gasteiger charge is -2.43. The topological polar surface area (TPSA) is 68.0 Å². The van der Waals surface area contributed by atoms with Crippen molar-refractivity contribution in [2.75, 3.05) is 13.1 Å². The quantitative estimate of drug-likeness (QED) is 0.355. The Kier molecular flexibility index (Phi) is 7.91. The number of hydrogen-bond acceptors (Lipinski definition) is 5. The third kappa shape index (κ3) is 6.58. The number of nitrogens with zero attached hydrogens (tertiary/aromatic N) is 1. The van der Waals surface area contributed by atoms with Crippen LogP contribution in [-0.4, -0.2) is 35.8 Å². The summed E-state index contributed by atoms with van der Waals surface area (Å²) < 4.78 is 83.7. The smallest absolute Gasteiger partial charge is 0.406 e. The summed E-state index contributed by atoms with van der Waals surface area (Å²) in [5.74, 6) is -1.33. The van der Waals surface area contributed by atoms with E-state index in [-0.39, 0.29) is 17.3 Å². The molecule has 3 N–H and O–H groups in total. The third-order valence-electron chi connectivity index (χ3n) is 6.71. The number of nitrogens with two attached hydrogens (primary N) is 1. The molecule has 1 atom stereocenters. The van der Waals surface area contributed by atoms with Gasteiger partial charge < -0.3 is 20.3 Å². The van der Waals surface area contributed by atoms with Crippen LogP contribution in [0.1, 0.15) is 35.7 Å². The highest BCUT2D eigenvalue weighted by Gasteiger charge is 2.43. The molecule has 1 aliphatic heterocycles. The van der Waals surface area contributed by atoms with Crippen LogP contribution in [0, 0.1) is 5.92 Å². The van der Waals surface area contributed by atoms with Crippen LogP contribution in [0.2, 0.25) is 0 Å². The van der Waals surface area contributed by atoms with Crippen LogP contribution >= 0.6 is 0 Å². The molecule has 1 fully saturated rings. The van der Waals surface area contributed by atoms with Gasteiger partial charge in [0.05, 0.1) is 6.17 Å². The molecule has 0 radical (unpaired) electrons. The number of piperidine rings is 1. The van der Waals surface area contributed by atoms with E-state index in [0.717, 1.165) is 29.8 Å². The van der Waals surface area contributed by atoms with Gasteiger partial charge in [-0.15, -0.1) is 26.3 Å². The fraction of sp³-hybridized carbons (Fsp3) is 0.333. The Labute approximate surface area is 215 Å². The molecule has 1 saturated heterocycles. The first-order chi connectivity index (χ1) is 17.8. The Balaban J connectivity index is 1.61. The number of halogens is 6. The van der Waals surface area contributed by atoms with Gasteiger partial charge in [-0.1, -0.05) is 54.6 Å². The largest absolute Gasteiger partial charge is 0.573 e. The highest BCUT2D eigenvalue weighted by molar-refractivity contribution is 5.42. The van der Waals surface area contributed by atoms with E-state index in [1.807, 2.05) is 30.3 Å². The van der Waals surface area contributed by atoms with Crippen LogP contribution in [0.4, 0.5) is 26.3 Å². The molecular weight excluding hydrogens is 514 g/mol. The molecule has 1 heterocycles. The van der Waals surface area contributed by atoms with Crippen LogP contribution in [0.5, 0.6) is 11.5 Å². The Morgan fingerprint density at radius 1 is 0.711 bits per heavy atom. The Hall–Kier alpha value is -3.28. The minimum Gasteiger partial charge on any atom is -0.406 e. The van der Waals surface area contributed by atoms with E-state index in [0.29, 0.717) is 25.9 Å². The number of hydrogen-bond donors (Lipinski definition) is 2. The Bertz CT molecular complexity index is 1120. The minimum atomic E-state index is -4.88. The molecule has 11 heteroatoms. The second-order valence-corrected chi connectivity index (χ2v) is 9.08. The molecule has 0 spiro atoms. The lowest BCUT2D eigenvalue weighted by atomic mass is 9.72. The summed E-state index contributed by atoms with van der Waals surface area (Å²) in [6.07, 6.45) is -9.17. The first kappa shape index (κ1) is 27.7. The molecule has 1 unspecified atom stereocenters. The molecule has 4 rings (SSSR count). The molecule has 204 valence electrons. The summed E-state index contributed by atoms with van der Waals surface area (Å²) in [5.41, 5.74) is 6.21. The molecule has 0 bridgehead atoms. The van der Waals surface area contributed by atoms with Crippen molar-refractivity contribution in [3.05, 3.63) is 95.6 Å². The van der Waals surface area contributed by atoms with E-state index in [2.05, 4.69) is 14.4 Å². The van der Waals surface area contributed by atoms with Crippen molar-refractivity contribution >= 4 is 0 Å². The first-order valence-electron chi connectivity index (χ1n) is 11.8. The van der Waals surface area contributed by atoms with Gasteiger partial charge in [-0.3, -0.25) is 4.90 Å². The maximum absolute atomic E-state index is 12.6. The summed E-state index contributed by atoms with van der Waals surface area (Å²) in [6, 6.07) is 19.2. The molecule has 0 amide bonds. The van der Waals surface area contributed by atoms with E-state index in [4.69, 9.17) is 5.73 Å². The lowest BCUT2D eigenvalue weighted by Crippen LogP contribution is -2.46. The third-order valence-corrected chi connectivity index (χ3v) is 6.71. The normalized spacial score (nSPS) is 16.7. The molecule has 3 aromatic carbocycles. The predicted molar refractivity (Wildman–Crippen MR) is 127 cm³/mol. The Morgan fingerprint density at radius 2 is 1.13 bits per heavy atom. The van der Waals surface area contributed by atoms with Crippen molar-refractivity contribution in [1.29, 1.82) is 0 Å². The average Bonchev–Trinajstić information content (AvgIpc) is 2.87. The molecular formula is C27H26F6N2O3. The van der Waals surface area contributed by atoms with Gasteiger partial charge in [-0.25, -0.2) is 0 Å². The van der Waals surface area contributed by atoms with Gasteiger partial charge in [0.25, 0.3) is 0 Å². The average molecular weight is 541 g/mol. The van der Waals surface area contributed by atoms with E-state index in [9.17, 15) is 31.4 Å². The number of alkyl halides is 6. The van der Waals surface area contributed by atoms with Gasteiger partial charge in [0.2, 0.25) is 0 Å². The summed E-state index contributed by atoms with van der Waals surface area (Å²) in [4.78, 5) is 2.06. The maximum atomic E-state index is 12.6. The Morgan fingerprint density at radius 3 is 1.53 bits per heavy atom. The first-order valence-corrected chi connectivity index (χ1v) is 11.8. The van der Waals surface area contributed by atoms with Gasteiger partial charge in [0.1, 0.15) is 17.1 Å². The number of ether oxygens (including phenoxy) is 2. The molecule has 0 aromatic heterocycles. The van der Waals surface area contributed by atoms with Crippen molar-refractivity contribution in [2.24, 2.45) is 11.7 Å². The standard InChI is InChI=1S/C27H26F6N2O3/c28-26(29,30)37-22-10-6-19(7-11-22)25(36,20-8-12-23(13-9-20)38-27(31,32)33)21-14-16-35(17-15-21)24(34)18-4-2-1-3-5-18/h1-13,21,24,36H,14-17,34H2. The van der Waals surface area contributed by atoms with Crippen LogP contribution in [0.25, 0.3) is 0 Å². The van der Waals surface area contributed by atoms with E-state index in [1.165, 1.54) is 24.3 Å². The maximum Gasteiger partial charge on any atom is 0.573 e. The van der Waals surface area contributed by atoms with E-state index in [1.54, 1.807) is 0 Å². The van der Waals surface area contributed by atoms with Gasteiger partial charge in [-0.05, 0) is 59.7 Å². The summed E-state index contributed by atoms with van der Waals surface area (Å²) in [6.45, 7) is 1.04. The molecule has 0 saturated carbocycles. The van der Waals surface area contributed by atoms with Crippen molar-refractivity contribution in [3.63, 3.8) is 0 Å². The van der Waals surface area contributed by atoms with E-state index < -0.39 is 35.7 Å². The number of likely N-dealkylation sites (tertiary alicyclic amines) is 1. The van der Waals surface area contributed by atoms with Crippen molar-refractivity contribution in [1.82, 2.24) is 4.90 Å². The monoisotopic (exact) mass is 540 g/mol. The van der Waals surface area contributed by atoms with Crippen LogP contribution < -0.4 is 15.2 Å². The molecule has 1 aliphatic rings. The van der Waals surface area contributed by atoms with Gasteiger partial charge in [-0.2, -0.15) is 0 Å². The molecule has 38 heavy (non-hydrogen) atoms. The number of aliphatic hydroxyl groups is 1. The highest BCUT2D eigenvalue weighted by Crippen LogP contribution is 2.44. The fourth-order valence-electron chi connectivity index (χ4n) is 4.92. The fourth-order valence-corrected chi connectivity index (χ4v) is 4.92. The van der Waals surface area contributed by atoms with Crippen molar-refractivity contribution in [3.8, 4) is 11.5 Å². The highest BCUT2D eigenvalue weighted by atomic mass is 19.4. The summed E-state index contributed by atoms with van der Waals surface area (Å²) in [7, 11) is 0. The minimum absolute atomic E-state index is 0.280. The lowest BCUT2D eigenvalue weighted by molar-refractivity contribution is -0.275. The van der Waals surface area contributed by atoms with Crippen molar-refractivity contribution < 1.29 is 40.9 Å². The summed E-state index contributed by atoms with van der Waals surface area (Å²) >= 11 is 0. The number of rotatable bonds is 7. The zero-order chi connectivity index (χ0) is 27.6. The van der Waals surface area contributed by atoms with Gasteiger partial charge in [0, 0.05) is 13.1 Å². The zero-order valence-electron chi connectivity index (χ0n) is 20.0. The SMILES string of the molecule is NC(c1ccccc1)N1CCC(C(O)(c2ccc(OC(F)(F)F)cc2)c2ccc(OC(F)(F)F)cc2)CC1. The van der Waals surface area contributed by atoms with Crippen LogP contribution in [0.15, 0.2) is 78.9 Å². The molecule has 5 nitrogen and oxygen atoms in total.